The third-order valence-electron chi connectivity index (χ3n) is 7.33. The molecule has 2 aliphatic rings. The Hall–Kier alpha value is -3.39. The molecule has 1 fully saturated rings. The van der Waals surface area contributed by atoms with E-state index in [0.717, 1.165) is 35.1 Å². The Labute approximate surface area is 205 Å². The van der Waals surface area contributed by atoms with E-state index in [-0.39, 0.29) is 25.6 Å². The van der Waals surface area contributed by atoms with E-state index in [2.05, 4.69) is 22.8 Å². The normalized spacial score (nSPS) is 17.7. The van der Waals surface area contributed by atoms with E-state index in [4.69, 9.17) is 9.47 Å². The second kappa shape index (κ2) is 10.1. The number of carboxylic acid groups (broad SMARTS) is 1. The van der Waals surface area contributed by atoms with E-state index >= 15 is 0 Å². The SMILES string of the molecule is CCC(COC)(NC(=O)C1(NC(=O)OCC2c3ccccc3-c3ccccc32)CCCC1)C(=O)O. The first-order valence-corrected chi connectivity index (χ1v) is 12.0. The highest BCUT2D eigenvalue weighted by molar-refractivity contribution is 5.94. The number of fused-ring (bicyclic) bond motifs is 3. The summed E-state index contributed by atoms with van der Waals surface area (Å²) in [7, 11) is 1.39. The van der Waals surface area contributed by atoms with Gasteiger partial charge in [-0.2, -0.15) is 0 Å². The molecule has 8 nitrogen and oxygen atoms in total. The minimum atomic E-state index is -1.57. The summed E-state index contributed by atoms with van der Waals surface area (Å²) in [5, 5.41) is 15.2. The van der Waals surface area contributed by atoms with Crippen LogP contribution in [0.15, 0.2) is 48.5 Å². The predicted octanol–water partition coefficient (Wildman–Crippen LogP) is 3.83. The number of carboxylic acids is 1. The molecule has 2 aromatic rings. The number of alkyl carbamates (subject to hydrolysis) is 1. The molecule has 3 N–H and O–H groups in total. The zero-order chi connectivity index (χ0) is 25.1. The first kappa shape index (κ1) is 24.7. The number of carbonyl (C=O) groups excluding carboxylic acids is 2. The molecular weight excluding hydrogens is 448 g/mol. The molecule has 1 saturated carbocycles. The zero-order valence-electron chi connectivity index (χ0n) is 20.1. The molecule has 0 aliphatic heterocycles. The third kappa shape index (κ3) is 4.62. The van der Waals surface area contributed by atoms with Crippen molar-refractivity contribution in [3.05, 3.63) is 59.7 Å². The molecule has 0 aromatic heterocycles. The monoisotopic (exact) mass is 480 g/mol. The van der Waals surface area contributed by atoms with Crippen LogP contribution in [0.3, 0.4) is 0 Å². The quantitative estimate of drug-likeness (QED) is 0.503. The van der Waals surface area contributed by atoms with Gasteiger partial charge in [0, 0.05) is 13.0 Å². The molecule has 0 radical (unpaired) electrons. The molecule has 1 unspecified atom stereocenters. The van der Waals surface area contributed by atoms with Gasteiger partial charge < -0.3 is 25.2 Å². The fourth-order valence-corrected chi connectivity index (χ4v) is 5.29. The van der Waals surface area contributed by atoms with Gasteiger partial charge in [0.15, 0.2) is 5.54 Å². The van der Waals surface area contributed by atoms with Crippen molar-refractivity contribution in [1.29, 1.82) is 0 Å². The van der Waals surface area contributed by atoms with E-state index < -0.39 is 29.0 Å². The Morgan fingerprint density at radius 2 is 1.60 bits per heavy atom. The number of amides is 2. The van der Waals surface area contributed by atoms with Gasteiger partial charge in [-0.25, -0.2) is 9.59 Å². The van der Waals surface area contributed by atoms with Gasteiger partial charge in [-0.15, -0.1) is 0 Å². The van der Waals surface area contributed by atoms with Gasteiger partial charge in [-0.05, 0) is 41.5 Å². The van der Waals surface area contributed by atoms with Gasteiger partial charge in [-0.3, -0.25) is 4.79 Å². The van der Waals surface area contributed by atoms with Crippen molar-refractivity contribution in [2.75, 3.05) is 20.3 Å². The maximum absolute atomic E-state index is 13.3. The fourth-order valence-electron chi connectivity index (χ4n) is 5.29. The number of methoxy groups -OCH3 is 1. The Morgan fingerprint density at radius 3 is 2.11 bits per heavy atom. The van der Waals surface area contributed by atoms with Gasteiger partial charge in [0.25, 0.3) is 0 Å². The van der Waals surface area contributed by atoms with Crippen LogP contribution in [0, 0.1) is 0 Å². The average molecular weight is 481 g/mol. The van der Waals surface area contributed by atoms with Crippen LogP contribution in [0.4, 0.5) is 4.79 Å². The van der Waals surface area contributed by atoms with Gasteiger partial charge >= 0.3 is 12.1 Å². The summed E-state index contributed by atoms with van der Waals surface area (Å²) in [6.45, 7) is 1.63. The van der Waals surface area contributed by atoms with Crippen molar-refractivity contribution < 1.29 is 29.0 Å². The maximum Gasteiger partial charge on any atom is 0.408 e. The summed E-state index contributed by atoms with van der Waals surface area (Å²) in [5.41, 5.74) is 1.68. The second-order valence-corrected chi connectivity index (χ2v) is 9.37. The van der Waals surface area contributed by atoms with E-state index in [0.29, 0.717) is 12.8 Å². The van der Waals surface area contributed by atoms with Crippen molar-refractivity contribution in [1.82, 2.24) is 10.6 Å². The molecule has 1 atom stereocenters. The number of aliphatic carboxylic acids is 1. The van der Waals surface area contributed by atoms with Crippen molar-refractivity contribution in [2.45, 2.75) is 56.0 Å². The van der Waals surface area contributed by atoms with Crippen LogP contribution < -0.4 is 10.6 Å². The number of hydrogen-bond acceptors (Lipinski definition) is 5. The lowest BCUT2D eigenvalue weighted by Gasteiger charge is -2.35. The lowest BCUT2D eigenvalue weighted by molar-refractivity contribution is -0.151. The lowest BCUT2D eigenvalue weighted by atomic mass is 9.91. The molecule has 0 bridgehead atoms. The van der Waals surface area contributed by atoms with Crippen LogP contribution in [-0.2, 0) is 19.1 Å². The van der Waals surface area contributed by atoms with Crippen molar-refractivity contribution in [3.63, 3.8) is 0 Å². The number of hydrogen-bond donors (Lipinski definition) is 3. The van der Waals surface area contributed by atoms with Crippen LogP contribution >= 0.6 is 0 Å². The summed E-state index contributed by atoms with van der Waals surface area (Å²) in [4.78, 5) is 38.2. The Kier molecular flexibility index (Phi) is 7.12. The molecule has 186 valence electrons. The maximum atomic E-state index is 13.3. The minimum absolute atomic E-state index is 0.0945. The van der Waals surface area contributed by atoms with Gasteiger partial charge in [0.1, 0.15) is 12.1 Å². The molecule has 35 heavy (non-hydrogen) atoms. The van der Waals surface area contributed by atoms with Crippen molar-refractivity contribution >= 4 is 18.0 Å². The van der Waals surface area contributed by atoms with Gasteiger partial charge in [0.05, 0.1) is 6.61 Å². The molecule has 0 saturated heterocycles. The molecule has 8 heteroatoms. The molecular formula is C27H32N2O6. The molecule has 2 aromatic carbocycles. The van der Waals surface area contributed by atoms with Crippen LogP contribution in [0.25, 0.3) is 11.1 Å². The van der Waals surface area contributed by atoms with Gasteiger partial charge in [0.2, 0.25) is 5.91 Å². The largest absolute Gasteiger partial charge is 0.479 e. The highest BCUT2D eigenvalue weighted by atomic mass is 16.5. The topological polar surface area (TPSA) is 114 Å². The predicted molar refractivity (Wildman–Crippen MR) is 130 cm³/mol. The number of ether oxygens (including phenoxy) is 2. The summed E-state index contributed by atoms with van der Waals surface area (Å²) < 4.78 is 10.7. The number of nitrogens with one attached hydrogen (secondary N) is 2. The molecule has 2 aliphatic carbocycles. The molecule has 0 spiro atoms. The van der Waals surface area contributed by atoms with Crippen LogP contribution in [0.1, 0.15) is 56.1 Å². The van der Waals surface area contributed by atoms with E-state index in [1.54, 1.807) is 6.92 Å². The molecule has 4 rings (SSSR count). The highest BCUT2D eigenvalue weighted by Crippen LogP contribution is 2.44. The second-order valence-electron chi connectivity index (χ2n) is 9.37. The number of rotatable bonds is 9. The number of benzene rings is 2. The minimum Gasteiger partial charge on any atom is -0.479 e. The molecule has 2 amide bonds. The average Bonchev–Trinajstić information content (AvgIpc) is 3.46. The van der Waals surface area contributed by atoms with Crippen LogP contribution in [0.5, 0.6) is 0 Å². The summed E-state index contributed by atoms with van der Waals surface area (Å²) in [6.07, 6.45) is 1.77. The fraction of sp³-hybridized carbons (Fsp3) is 0.444. The first-order chi connectivity index (χ1) is 16.9. The summed E-state index contributed by atoms with van der Waals surface area (Å²) >= 11 is 0. The highest BCUT2D eigenvalue weighted by Gasteiger charge is 2.48. The van der Waals surface area contributed by atoms with Crippen LogP contribution in [-0.4, -0.2) is 54.5 Å². The Balaban J connectivity index is 1.47. The van der Waals surface area contributed by atoms with E-state index in [1.807, 2.05) is 36.4 Å². The third-order valence-corrected chi connectivity index (χ3v) is 7.33. The summed E-state index contributed by atoms with van der Waals surface area (Å²) in [6, 6.07) is 16.1. The van der Waals surface area contributed by atoms with Crippen LogP contribution in [0.2, 0.25) is 0 Å². The van der Waals surface area contributed by atoms with Crippen molar-refractivity contribution in [3.8, 4) is 11.1 Å². The lowest BCUT2D eigenvalue weighted by Crippen LogP contribution is -2.65. The zero-order valence-corrected chi connectivity index (χ0v) is 20.1. The Morgan fingerprint density at radius 1 is 1.03 bits per heavy atom. The molecule has 0 heterocycles. The Bertz CT molecular complexity index is 1060. The standard InChI is InChI=1S/C27H32N2O6/c1-3-26(17-34-2,24(31)32)28-23(30)27(14-8-9-15-27)29-25(33)35-16-22-20-12-6-4-10-18(20)19-11-5-7-13-21(19)22/h4-7,10-13,22H,3,8-9,14-17H2,1-2H3,(H,28,30)(H,29,33)(H,31,32). The first-order valence-electron chi connectivity index (χ1n) is 12.0. The van der Waals surface area contributed by atoms with Crippen molar-refractivity contribution in [2.24, 2.45) is 0 Å². The number of carbonyl (C=O) groups is 3. The van der Waals surface area contributed by atoms with Gasteiger partial charge in [-0.1, -0.05) is 68.3 Å². The summed E-state index contributed by atoms with van der Waals surface area (Å²) in [5.74, 6) is -1.79. The smallest absolute Gasteiger partial charge is 0.408 e. The van der Waals surface area contributed by atoms with E-state index in [1.165, 1.54) is 7.11 Å². The van der Waals surface area contributed by atoms with E-state index in [9.17, 15) is 19.5 Å².